The van der Waals surface area contributed by atoms with Crippen LogP contribution < -0.4 is 5.43 Å². The maximum Gasteiger partial charge on any atom is 0.270 e. The fraction of sp³-hybridized carbons (Fsp3) is 0.312. The zero-order valence-corrected chi connectivity index (χ0v) is 13.8. The molecule has 0 aromatic heterocycles. The number of carbonyl (C=O) groups is 3. The lowest BCUT2D eigenvalue weighted by Gasteiger charge is -2.22. The molecule has 1 fully saturated rings. The van der Waals surface area contributed by atoms with E-state index in [9.17, 15) is 14.4 Å². The summed E-state index contributed by atoms with van der Waals surface area (Å²) >= 11 is 11.7. The highest BCUT2D eigenvalue weighted by molar-refractivity contribution is 6.42. The first-order valence-corrected chi connectivity index (χ1v) is 7.96. The Morgan fingerprint density at radius 2 is 1.96 bits per heavy atom. The summed E-state index contributed by atoms with van der Waals surface area (Å²) < 4.78 is 0. The third kappa shape index (κ3) is 2.75. The van der Waals surface area contributed by atoms with Crippen molar-refractivity contribution in [3.8, 4) is 0 Å². The highest BCUT2D eigenvalue weighted by atomic mass is 35.5. The standard InChI is InChI=1S/C16H14Cl2N2O3/c1-8-3-2-4-10-13(8)16(23)20(15(10)22)19-14(21)9-5-6-11(17)12(18)7-9/h2-3,5-8,10,13H,4H2,1H3,(H,19,21)/t8-,10+,13-/m1/s1. The van der Waals surface area contributed by atoms with Gasteiger partial charge in [0.1, 0.15) is 0 Å². The molecular weight excluding hydrogens is 339 g/mol. The summed E-state index contributed by atoms with van der Waals surface area (Å²) in [7, 11) is 0. The van der Waals surface area contributed by atoms with Crippen LogP contribution >= 0.6 is 23.2 Å². The van der Waals surface area contributed by atoms with Gasteiger partial charge in [0.15, 0.2) is 0 Å². The SMILES string of the molecule is C[C@@H]1C=CC[C@@H]2C(=O)N(NC(=O)c3ccc(Cl)c(Cl)c3)C(=O)[C@H]12. The average molecular weight is 353 g/mol. The molecule has 3 atom stereocenters. The lowest BCUT2D eigenvalue weighted by Crippen LogP contribution is -2.46. The van der Waals surface area contributed by atoms with E-state index in [1.165, 1.54) is 18.2 Å². The molecule has 5 nitrogen and oxygen atoms in total. The largest absolute Gasteiger partial charge is 0.272 e. The fourth-order valence-corrected chi connectivity index (χ4v) is 3.36. The van der Waals surface area contributed by atoms with Crippen molar-refractivity contribution in [2.45, 2.75) is 13.3 Å². The Kier molecular flexibility index (Phi) is 4.17. The van der Waals surface area contributed by atoms with Crippen LogP contribution in [0.1, 0.15) is 23.7 Å². The van der Waals surface area contributed by atoms with Gasteiger partial charge < -0.3 is 0 Å². The summed E-state index contributed by atoms with van der Waals surface area (Å²) in [6.07, 6.45) is 4.34. The van der Waals surface area contributed by atoms with Crippen LogP contribution in [0.5, 0.6) is 0 Å². The molecule has 1 heterocycles. The molecule has 1 aromatic rings. The molecule has 1 saturated heterocycles. The van der Waals surface area contributed by atoms with Gasteiger partial charge in [0.25, 0.3) is 17.7 Å². The Morgan fingerprint density at radius 3 is 2.61 bits per heavy atom. The number of carbonyl (C=O) groups excluding carboxylic acids is 3. The number of rotatable bonds is 2. The molecule has 0 bridgehead atoms. The molecule has 120 valence electrons. The number of benzene rings is 1. The summed E-state index contributed by atoms with van der Waals surface area (Å²) in [6, 6.07) is 4.35. The Bertz CT molecular complexity index is 732. The molecule has 1 aromatic carbocycles. The van der Waals surface area contributed by atoms with E-state index in [1.54, 1.807) is 0 Å². The van der Waals surface area contributed by atoms with Crippen molar-refractivity contribution in [2.75, 3.05) is 0 Å². The van der Waals surface area contributed by atoms with Crippen LogP contribution in [0.25, 0.3) is 0 Å². The summed E-state index contributed by atoms with van der Waals surface area (Å²) in [4.78, 5) is 37.1. The van der Waals surface area contributed by atoms with E-state index in [2.05, 4.69) is 5.43 Å². The van der Waals surface area contributed by atoms with Gasteiger partial charge in [-0.2, -0.15) is 5.01 Å². The van der Waals surface area contributed by atoms with Crippen LogP contribution in [0.15, 0.2) is 30.4 Å². The van der Waals surface area contributed by atoms with Crippen molar-refractivity contribution < 1.29 is 14.4 Å². The molecule has 0 spiro atoms. The van der Waals surface area contributed by atoms with E-state index in [-0.39, 0.29) is 28.3 Å². The van der Waals surface area contributed by atoms with Gasteiger partial charge in [-0.1, -0.05) is 42.3 Å². The van der Waals surface area contributed by atoms with Gasteiger partial charge in [0.2, 0.25) is 0 Å². The van der Waals surface area contributed by atoms with E-state index in [0.29, 0.717) is 11.4 Å². The van der Waals surface area contributed by atoms with Crippen LogP contribution in [-0.4, -0.2) is 22.7 Å². The molecule has 3 rings (SSSR count). The van der Waals surface area contributed by atoms with Crippen LogP contribution in [0, 0.1) is 17.8 Å². The third-order valence-electron chi connectivity index (χ3n) is 4.27. The summed E-state index contributed by atoms with van der Waals surface area (Å²) in [5.74, 6) is -2.17. The third-order valence-corrected chi connectivity index (χ3v) is 5.01. The number of hydrogen-bond acceptors (Lipinski definition) is 3. The Hall–Kier alpha value is -1.85. The number of nitrogens with one attached hydrogen (secondary N) is 1. The molecule has 0 unspecified atom stereocenters. The summed E-state index contributed by atoms with van der Waals surface area (Å²) in [6.45, 7) is 1.89. The first kappa shape index (κ1) is 16.0. The number of nitrogens with zero attached hydrogens (tertiary/aromatic N) is 1. The zero-order valence-electron chi connectivity index (χ0n) is 12.3. The van der Waals surface area contributed by atoms with Crippen molar-refractivity contribution in [1.29, 1.82) is 0 Å². The molecular formula is C16H14Cl2N2O3. The minimum atomic E-state index is -0.579. The van der Waals surface area contributed by atoms with Gasteiger partial charge in [-0.25, -0.2) is 0 Å². The second-order valence-electron chi connectivity index (χ2n) is 5.74. The molecule has 1 aliphatic heterocycles. The molecule has 0 radical (unpaired) electrons. The van der Waals surface area contributed by atoms with Crippen molar-refractivity contribution in [3.05, 3.63) is 46.0 Å². The van der Waals surface area contributed by atoms with Crippen molar-refractivity contribution in [2.24, 2.45) is 17.8 Å². The van der Waals surface area contributed by atoms with Crippen LogP contribution in [0.3, 0.4) is 0 Å². The minimum absolute atomic E-state index is 0.0305. The number of allylic oxidation sites excluding steroid dienone is 2. The maximum absolute atomic E-state index is 12.5. The van der Waals surface area contributed by atoms with Gasteiger partial charge >= 0.3 is 0 Å². The molecule has 1 aliphatic carbocycles. The van der Waals surface area contributed by atoms with Gasteiger partial charge in [0.05, 0.1) is 21.9 Å². The highest BCUT2D eigenvalue weighted by Gasteiger charge is 2.50. The first-order valence-electron chi connectivity index (χ1n) is 7.20. The van der Waals surface area contributed by atoms with Crippen molar-refractivity contribution in [3.63, 3.8) is 0 Å². The summed E-state index contributed by atoms with van der Waals surface area (Å²) in [5, 5.41) is 1.39. The average Bonchev–Trinajstić information content (AvgIpc) is 2.76. The maximum atomic E-state index is 12.5. The molecule has 23 heavy (non-hydrogen) atoms. The number of hydrogen-bond donors (Lipinski definition) is 1. The fourth-order valence-electron chi connectivity index (χ4n) is 3.06. The normalized spacial score (nSPS) is 26.4. The topological polar surface area (TPSA) is 66.5 Å². The van der Waals surface area contributed by atoms with Crippen molar-refractivity contribution in [1.82, 2.24) is 10.4 Å². The van der Waals surface area contributed by atoms with Crippen LogP contribution in [0.2, 0.25) is 10.0 Å². The zero-order chi connectivity index (χ0) is 16.7. The molecule has 3 amide bonds. The van der Waals surface area contributed by atoms with Gasteiger partial charge in [-0.3, -0.25) is 19.8 Å². The molecule has 0 saturated carbocycles. The minimum Gasteiger partial charge on any atom is -0.272 e. The summed E-state index contributed by atoms with van der Waals surface area (Å²) in [5.41, 5.74) is 2.61. The lowest BCUT2D eigenvalue weighted by molar-refractivity contribution is -0.142. The molecule has 7 heteroatoms. The Morgan fingerprint density at radius 1 is 1.22 bits per heavy atom. The monoisotopic (exact) mass is 352 g/mol. The van der Waals surface area contributed by atoms with Crippen molar-refractivity contribution >= 4 is 40.9 Å². The molecule has 1 N–H and O–H groups in total. The number of halogens is 2. The molecule has 2 aliphatic rings. The van der Waals surface area contributed by atoms with Crippen LogP contribution in [0.4, 0.5) is 0 Å². The predicted octanol–water partition coefficient (Wildman–Crippen LogP) is 2.84. The van der Waals surface area contributed by atoms with E-state index in [1.807, 2.05) is 19.1 Å². The Balaban J connectivity index is 1.80. The smallest absolute Gasteiger partial charge is 0.270 e. The lowest BCUT2D eigenvalue weighted by atomic mass is 9.78. The first-order chi connectivity index (χ1) is 10.9. The van der Waals surface area contributed by atoms with Gasteiger partial charge in [-0.05, 0) is 30.5 Å². The second-order valence-corrected chi connectivity index (χ2v) is 6.55. The number of amides is 3. The van der Waals surface area contributed by atoms with E-state index >= 15 is 0 Å². The van der Waals surface area contributed by atoms with Gasteiger partial charge in [0, 0.05) is 5.56 Å². The van der Waals surface area contributed by atoms with E-state index < -0.39 is 17.7 Å². The van der Waals surface area contributed by atoms with E-state index in [4.69, 9.17) is 23.2 Å². The Labute approximate surface area is 143 Å². The highest BCUT2D eigenvalue weighted by Crippen LogP contribution is 2.37. The number of hydrazine groups is 1. The predicted molar refractivity (Wildman–Crippen MR) is 85.7 cm³/mol. The van der Waals surface area contributed by atoms with Gasteiger partial charge in [-0.15, -0.1) is 0 Å². The van der Waals surface area contributed by atoms with E-state index in [0.717, 1.165) is 5.01 Å². The second kappa shape index (κ2) is 5.98. The number of fused-ring (bicyclic) bond motifs is 1. The number of imide groups is 1. The quantitative estimate of drug-likeness (QED) is 0.657. The van der Waals surface area contributed by atoms with Crippen LogP contribution in [-0.2, 0) is 9.59 Å².